The number of carbonyl (C=O) groups is 2. The van der Waals surface area contributed by atoms with Crippen molar-refractivity contribution in [1.82, 2.24) is 0 Å². The summed E-state index contributed by atoms with van der Waals surface area (Å²) in [5.41, 5.74) is 10.9. The summed E-state index contributed by atoms with van der Waals surface area (Å²) in [7, 11) is 0. The lowest BCUT2D eigenvalue weighted by atomic mass is 10.0. The zero-order valence-corrected chi connectivity index (χ0v) is 15.5. The molecule has 0 radical (unpaired) electrons. The number of nitrogens with one attached hydrogen (secondary N) is 1. The smallest absolute Gasteiger partial charge is 0.230 e. The summed E-state index contributed by atoms with van der Waals surface area (Å²) in [4.78, 5) is 28.0. The fourth-order valence-corrected chi connectivity index (χ4v) is 3.04. The van der Waals surface area contributed by atoms with Gasteiger partial charge < -0.3 is 11.1 Å². The number of rotatable bonds is 2. The molecule has 4 rings (SSSR count). The third-order valence-electron chi connectivity index (χ3n) is 4.53. The number of hydrogen-bond acceptors (Lipinski definition) is 4. The molecule has 0 unspecified atom stereocenters. The highest BCUT2D eigenvalue weighted by atomic mass is 16.1. The minimum absolute atomic E-state index is 0.111. The maximum Gasteiger partial charge on any atom is 0.230 e. The summed E-state index contributed by atoms with van der Waals surface area (Å²) in [6.45, 7) is 0. The van der Waals surface area contributed by atoms with Crippen LogP contribution in [-0.2, 0) is 4.79 Å². The number of aldehydes is 1. The molecule has 0 fully saturated rings. The predicted octanol–water partition coefficient (Wildman–Crippen LogP) is 3.94. The van der Waals surface area contributed by atoms with Gasteiger partial charge in [0.2, 0.25) is 5.91 Å². The minimum Gasteiger partial charge on any atom is -0.398 e. The highest BCUT2D eigenvalue weighted by Gasteiger charge is 2.18. The molecule has 1 aliphatic rings. The lowest BCUT2D eigenvalue weighted by molar-refractivity contribution is -0.115. The Morgan fingerprint density at radius 2 is 1.76 bits per heavy atom. The summed E-state index contributed by atoms with van der Waals surface area (Å²) in [6.07, 6.45) is 0.813. The van der Waals surface area contributed by atoms with Gasteiger partial charge >= 0.3 is 0 Å². The molecular weight excluding hydrogens is 362 g/mol. The van der Waals surface area contributed by atoms with Crippen molar-refractivity contribution in [3.05, 3.63) is 89.0 Å². The molecule has 0 aliphatic carbocycles. The van der Waals surface area contributed by atoms with Crippen LogP contribution in [0, 0.1) is 11.8 Å². The van der Waals surface area contributed by atoms with Crippen molar-refractivity contribution < 1.29 is 9.59 Å². The van der Waals surface area contributed by atoms with E-state index >= 15 is 0 Å². The Kier molecular flexibility index (Phi) is 4.91. The lowest BCUT2D eigenvalue weighted by Crippen LogP contribution is -2.15. The number of hydrogen-bond donors (Lipinski definition) is 2. The molecule has 0 spiro atoms. The number of amides is 1. The van der Waals surface area contributed by atoms with E-state index in [2.05, 4.69) is 22.2 Å². The predicted molar refractivity (Wildman–Crippen MR) is 115 cm³/mol. The van der Waals surface area contributed by atoms with Crippen LogP contribution in [0.25, 0.3) is 0 Å². The van der Waals surface area contributed by atoms with E-state index in [4.69, 9.17) is 5.73 Å². The zero-order chi connectivity index (χ0) is 20.2. The van der Waals surface area contributed by atoms with Crippen molar-refractivity contribution in [2.24, 2.45) is 4.99 Å². The van der Waals surface area contributed by atoms with Crippen LogP contribution in [0.15, 0.2) is 71.7 Å². The van der Waals surface area contributed by atoms with E-state index in [1.54, 1.807) is 18.2 Å². The second-order valence-corrected chi connectivity index (χ2v) is 6.59. The molecule has 0 saturated heterocycles. The van der Waals surface area contributed by atoms with Gasteiger partial charge in [-0.1, -0.05) is 36.1 Å². The van der Waals surface area contributed by atoms with Gasteiger partial charge in [0.05, 0.1) is 23.5 Å². The first kappa shape index (κ1) is 18.2. The van der Waals surface area contributed by atoms with Gasteiger partial charge in [-0.25, -0.2) is 0 Å². The first-order valence-corrected chi connectivity index (χ1v) is 9.06. The van der Waals surface area contributed by atoms with Gasteiger partial charge in [0.15, 0.2) is 6.29 Å². The van der Waals surface area contributed by atoms with Crippen LogP contribution >= 0.6 is 0 Å². The third-order valence-corrected chi connectivity index (χ3v) is 4.53. The van der Waals surface area contributed by atoms with Crippen LogP contribution in [0.2, 0.25) is 0 Å². The Morgan fingerprint density at radius 1 is 0.966 bits per heavy atom. The Labute approximate surface area is 168 Å². The van der Waals surface area contributed by atoms with Gasteiger partial charge in [0.25, 0.3) is 0 Å². The van der Waals surface area contributed by atoms with E-state index in [1.807, 2.05) is 48.5 Å². The number of anilines is 2. The number of nitrogens with two attached hydrogens (primary N) is 1. The van der Waals surface area contributed by atoms with Crippen LogP contribution in [0.1, 0.15) is 33.5 Å². The highest BCUT2D eigenvalue weighted by molar-refractivity contribution is 6.17. The second kappa shape index (κ2) is 7.83. The largest absolute Gasteiger partial charge is 0.398 e. The SMILES string of the molecule is Nc1cc(C2=Nc3ccc(C#Cc4ccccc4)cc3NC(=O)C2)ccc1C=O. The Morgan fingerprint density at radius 3 is 2.52 bits per heavy atom. The van der Waals surface area contributed by atoms with E-state index in [9.17, 15) is 9.59 Å². The summed E-state index contributed by atoms with van der Waals surface area (Å²) in [6, 6.07) is 20.3. The van der Waals surface area contributed by atoms with E-state index < -0.39 is 0 Å². The summed E-state index contributed by atoms with van der Waals surface area (Å²) in [5, 5.41) is 2.89. The number of fused-ring (bicyclic) bond motifs is 1. The molecule has 3 N–H and O–H groups in total. The molecule has 0 aromatic heterocycles. The molecule has 5 heteroatoms. The molecule has 3 aromatic rings. The third kappa shape index (κ3) is 4.07. The molecule has 1 aliphatic heterocycles. The summed E-state index contributed by atoms with van der Waals surface area (Å²) >= 11 is 0. The van der Waals surface area contributed by atoms with Crippen molar-refractivity contribution in [3.63, 3.8) is 0 Å². The van der Waals surface area contributed by atoms with Gasteiger partial charge in [-0.2, -0.15) is 0 Å². The summed E-state index contributed by atoms with van der Waals surface area (Å²) in [5.74, 6) is 6.04. The van der Waals surface area contributed by atoms with E-state index in [1.165, 1.54) is 0 Å². The van der Waals surface area contributed by atoms with Gasteiger partial charge in [0.1, 0.15) is 0 Å². The molecule has 3 aromatic carbocycles. The van der Waals surface area contributed by atoms with Gasteiger partial charge in [-0.15, -0.1) is 0 Å². The Bertz CT molecular complexity index is 1200. The lowest BCUT2D eigenvalue weighted by Gasteiger charge is -2.06. The monoisotopic (exact) mass is 379 g/mol. The standard InChI is InChI=1S/C24H17N3O2/c25-20-13-18(9-10-19(20)15-28)22-14-24(29)27-23-12-17(8-11-21(23)26-22)7-6-16-4-2-1-3-5-16/h1-5,8-13,15H,14,25H2,(H,27,29). The molecule has 140 valence electrons. The van der Waals surface area contributed by atoms with Crippen LogP contribution in [0.3, 0.4) is 0 Å². The second-order valence-electron chi connectivity index (χ2n) is 6.59. The first-order chi connectivity index (χ1) is 14.1. The van der Waals surface area contributed by atoms with E-state index in [-0.39, 0.29) is 12.3 Å². The fourth-order valence-electron chi connectivity index (χ4n) is 3.04. The maximum absolute atomic E-state index is 12.4. The average Bonchev–Trinajstić information content (AvgIpc) is 2.90. The number of nitrogen functional groups attached to an aromatic ring is 1. The van der Waals surface area contributed by atoms with Crippen LogP contribution in [0.5, 0.6) is 0 Å². The average molecular weight is 379 g/mol. The zero-order valence-electron chi connectivity index (χ0n) is 15.5. The van der Waals surface area contributed by atoms with Crippen molar-refractivity contribution in [3.8, 4) is 11.8 Å². The van der Waals surface area contributed by atoms with E-state index in [0.29, 0.717) is 40.2 Å². The summed E-state index contributed by atoms with van der Waals surface area (Å²) < 4.78 is 0. The van der Waals surface area contributed by atoms with Crippen molar-refractivity contribution in [1.29, 1.82) is 0 Å². The highest BCUT2D eigenvalue weighted by Crippen LogP contribution is 2.30. The van der Waals surface area contributed by atoms with Gasteiger partial charge in [0, 0.05) is 22.4 Å². The normalized spacial score (nSPS) is 12.6. The van der Waals surface area contributed by atoms with Crippen LogP contribution in [-0.4, -0.2) is 17.9 Å². The topological polar surface area (TPSA) is 84.5 Å². The molecule has 0 atom stereocenters. The Hall–Kier alpha value is -4.17. The molecule has 5 nitrogen and oxygen atoms in total. The number of aliphatic imine (C=N–C) groups is 1. The molecule has 0 bridgehead atoms. The Balaban J connectivity index is 1.69. The van der Waals surface area contributed by atoms with Crippen molar-refractivity contribution in [2.45, 2.75) is 6.42 Å². The van der Waals surface area contributed by atoms with E-state index in [0.717, 1.165) is 11.1 Å². The quantitative estimate of drug-likeness (QED) is 0.402. The first-order valence-electron chi connectivity index (χ1n) is 9.06. The van der Waals surface area contributed by atoms with Gasteiger partial charge in [-0.05, 0) is 48.0 Å². The molecule has 1 heterocycles. The van der Waals surface area contributed by atoms with Crippen molar-refractivity contribution in [2.75, 3.05) is 11.1 Å². The molecule has 0 saturated carbocycles. The number of carbonyl (C=O) groups excluding carboxylic acids is 2. The van der Waals surface area contributed by atoms with Crippen LogP contribution in [0.4, 0.5) is 17.1 Å². The molecular formula is C24H17N3O2. The number of nitrogens with zero attached hydrogens (tertiary/aromatic N) is 1. The number of benzene rings is 3. The minimum atomic E-state index is -0.172. The maximum atomic E-state index is 12.4. The molecule has 29 heavy (non-hydrogen) atoms. The van der Waals surface area contributed by atoms with Crippen LogP contribution < -0.4 is 11.1 Å². The molecule has 1 amide bonds. The van der Waals surface area contributed by atoms with Gasteiger partial charge in [-0.3, -0.25) is 14.6 Å². The fraction of sp³-hybridized carbons (Fsp3) is 0.0417. The van der Waals surface area contributed by atoms with Crippen molar-refractivity contribution >= 4 is 35.0 Å².